The Bertz CT molecular complexity index is 13.5. The molecule has 0 bridgehead atoms. The molecule has 0 aliphatic carbocycles. The number of hydrogen-bond acceptors (Lipinski definition) is 2. The average molecular weight is 147 g/mol. The molecular weight excluding hydrogens is 141 g/mol. The quantitative estimate of drug-likeness (QED) is 0.289. The molecule has 1 nitrogen and oxygen atoms in total. The van der Waals surface area contributed by atoms with Crippen molar-refractivity contribution in [2.24, 2.45) is 0 Å². The van der Waals surface area contributed by atoms with Gasteiger partial charge in [-0.2, -0.15) is 0 Å². The summed E-state index contributed by atoms with van der Waals surface area (Å²) in [5.41, 5.74) is 0. The van der Waals surface area contributed by atoms with Gasteiger partial charge in [-0.3, -0.25) is 12.5 Å². The van der Waals surface area contributed by atoms with Crippen LogP contribution in [-0.2, 0) is 0 Å². The first kappa shape index (κ1) is 15.7. The first-order chi connectivity index (χ1) is 1.91. The fourth-order valence-corrected chi connectivity index (χ4v) is 0. The molecule has 4 heteroatoms. The zero-order valence-corrected chi connectivity index (χ0v) is 8.56. The molecule has 0 fully saturated rings. The zero-order chi connectivity index (χ0) is 3.41. The summed E-state index contributed by atoms with van der Waals surface area (Å²) in [5, 5.41) is 0. The van der Waals surface area contributed by atoms with Crippen molar-refractivity contribution in [3.05, 3.63) is 18.7 Å². The Morgan fingerprint density at radius 2 is 1.17 bits per heavy atom. The van der Waals surface area contributed by atoms with Crippen LogP contribution in [0.3, 0.4) is 0 Å². The van der Waals surface area contributed by atoms with Gasteiger partial charge in [0.05, 0.1) is 0 Å². The second-order valence-electron chi connectivity index (χ2n) is 0.236. The molecular formula is C2H6KNS2-2. The number of nitrogens with two attached hydrogens (primary N) is 1. The van der Waals surface area contributed by atoms with Gasteiger partial charge >= 0.3 is 51.4 Å². The third kappa shape index (κ3) is 16.3. The van der Waals surface area contributed by atoms with Gasteiger partial charge in [-0.05, 0) is 0 Å². The zero-order valence-electron chi connectivity index (χ0n) is 3.81. The monoisotopic (exact) mass is 147 g/mol. The normalized spacial score (nSPS) is 5.00. The number of hydrogen-bond donors (Lipinski definition) is 0. The van der Waals surface area contributed by atoms with Gasteiger partial charge in [0.25, 0.3) is 0 Å². The van der Waals surface area contributed by atoms with Gasteiger partial charge in [0.15, 0.2) is 0 Å². The van der Waals surface area contributed by atoms with E-state index in [1.165, 1.54) is 21.6 Å². The first-order valence-corrected chi connectivity index (χ1v) is 3.23. The smallest absolute Gasteiger partial charge is 0.693 e. The second-order valence-corrected chi connectivity index (χ2v) is 2.12. The molecule has 0 spiro atoms. The fraction of sp³-hybridized carbons (Fsp3) is 0. The third-order valence-electron chi connectivity index (χ3n) is 0.0833. The van der Waals surface area contributed by atoms with Crippen LogP contribution in [0, 0.1) is 12.5 Å². The van der Waals surface area contributed by atoms with Crippen LogP contribution in [0.25, 0.3) is 6.15 Å². The van der Waals surface area contributed by atoms with E-state index in [-0.39, 0.29) is 57.5 Å². The van der Waals surface area contributed by atoms with Crippen LogP contribution in [-0.4, -0.2) is 0 Å². The molecule has 0 saturated heterocycles. The molecule has 0 aromatic rings. The molecule has 0 aliphatic heterocycles. The maximum absolute atomic E-state index is 3.42. The average Bonchev–Trinajstić information content (AvgIpc) is 1.37. The van der Waals surface area contributed by atoms with E-state index >= 15 is 0 Å². The summed E-state index contributed by atoms with van der Waals surface area (Å²) < 4.78 is 0. The van der Waals surface area contributed by atoms with Crippen molar-refractivity contribution in [2.45, 2.75) is 0 Å². The number of rotatable bonds is 1. The molecule has 0 aromatic heterocycles. The Hall–Kier alpha value is 2.30. The Morgan fingerprint density at radius 1 is 1.00 bits per heavy atom. The molecule has 0 rings (SSSR count). The largest absolute Gasteiger partial charge is 1.00 e. The van der Waals surface area contributed by atoms with E-state index in [1.807, 2.05) is 0 Å². The van der Waals surface area contributed by atoms with E-state index in [4.69, 9.17) is 0 Å². The van der Waals surface area contributed by atoms with Crippen molar-refractivity contribution in [1.29, 1.82) is 0 Å². The molecule has 0 radical (unpaired) electrons. The molecule has 0 aliphatic rings. The van der Waals surface area contributed by atoms with Crippen LogP contribution in [0.5, 0.6) is 0 Å². The Labute approximate surface area is 89.8 Å². The van der Waals surface area contributed by atoms with Crippen molar-refractivity contribution in [3.63, 3.8) is 0 Å². The minimum atomic E-state index is 0. The van der Waals surface area contributed by atoms with Gasteiger partial charge in [-0.25, -0.2) is 0 Å². The van der Waals surface area contributed by atoms with E-state index in [1.54, 1.807) is 0 Å². The summed E-state index contributed by atoms with van der Waals surface area (Å²) in [5.74, 6) is 0. The summed E-state index contributed by atoms with van der Waals surface area (Å²) >= 11 is 0. The van der Waals surface area contributed by atoms with Gasteiger partial charge in [0.1, 0.15) is 0 Å². The second kappa shape index (κ2) is 15.7. The van der Waals surface area contributed by atoms with Gasteiger partial charge in [0, 0.05) is 0 Å². The van der Waals surface area contributed by atoms with Gasteiger partial charge in [0.2, 0.25) is 0 Å². The van der Waals surface area contributed by atoms with Crippen LogP contribution in [0.2, 0.25) is 0 Å². The van der Waals surface area contributed by atoms with Crippen LogP contribution in [0.4, 0.5) is 0 Å². The molecule has 0 unspecified atom stereocenters. The summed E-state index contributed by atoms with van der Waals surface area (Å²) in [4.78, 5) is 0. The molecule has 0 atom stereocenters. The predicted octanol–water partition coefficient (Wildman–Crippen LogP) is -0.328. The summed E-state index contributed by atoms with van der Waals surface area (Å²) in [7, 11) is 2.82. The van der Waals surface area contributed by atoms with E-state index in [2.05, 4.69) is 12.5 Å². The van der Waals surface area contributed by atoms with E-state index in [0.717, 1.165) is 0 Å². The van der Waals surface area contributed by atoms with Crippen LogP contribution >= 0.6 is 21.6 Å². The van der Waals surface area contributed by atoms with Crippen LogP contribution in [0.1, 0.15) is 0 Å². The predicted molar refractivity (Wildman–Crippen MR) is 31.2 cm³/mol. The minimum Gasteiger partial charge on any atom is -0.693 e. The Kier molecular flexibility index (Phi) is 41.1. The van der Waals surface area contributed by atoms with Gasteiger partial charge in [-0.15, -0.1) is 0 Å². The fourth-order valence-electron chi connectivity index (χ4n) is 0. The van der Waals surface area contributed by atoms with Crippen molar-refractivity contribution >= 4 is 21.6 Å². The van der Waals surface area contributed by atoms with Crippen molar-refractivity contribution < 1.29 is 51.4 Å². The summed E-state index contributed by atoms with van der Waals surface area (Å²) in [6.45, 7) is 0. The van der Waals surface area contributed by atoms with Gasteiger partial charge in [-0.1, -0.05) is 0 Å². The van der Waals surface area contributed by atoms with Crippen LogP contribution < -0.4 is 51.4 Å². The summed E-state index contributed by atoms with van der Waals surface area (Å²) in [6.07, 6.45) is 6.84. The maximum atomic E-state index is 3.42. The first-order valence-electron chi connectivity index (χ1n) is 0.744. The van der Waals surface area contributed by atoms with E-state index < -0.39 is 0 Å². The third-order valence-corrected chi connectivity index (χ3v) is 0.750. The molecule has 0 saturated carbocycles. The van der Waals surface area contributed by atoms with Gasteiger partial charge < -0.3 is 27.7 Å². The molecule has 6 heavy (non-hydrogen) atoms. The molecule has 0 amide bonds. The molecule has 0 aromatic carbocycles. The van der Waals surface area contributed by atoms with Crippen LogP contribution in [0.15, 0.2) is 0 Å². The topological polar surface area (TPSA) is 33.5 Å². The minimum absolute atomic E-state index is 0. The molecule has 0 heterocycles. The van der Waals surface area contributed by atoms with Crippen molar-refractivity contribution in [2.75, 3.05) is 0 Å². The Morgan fingerprint density at radius 3 is 1.17 bits per heavy atom. The van der Waals surface area contributed by atoms with E-state index in [9.17, 15) is 0 Å². The SMILES string of the molecule is [CH2-]SS[CH2-].[K+].[NH2-]. The molecule has 34 valence electrons. The molecule has 2 N–H and O–H groups in total. The summed E-state index contributed by atoms with van der Waals surface area (Å²) in [6, 6.07) is 0. The van der Waals surface area contributed by atoms with Crippen molar-refractivity contribution in [3.8, 4) is 0 Å². The maximum Gasteiger partial charge on any atom is 1.00 e. The standard InChI is InChI=1S/C2H4S2.K.H2N/c1-3-4-2;;/h1-2H2;;1H2/q-2;+1;-1. The Balaban J connectivity index is -0.0000000450. The van der Waals surface area contributed by atoms with E-state index in [0.29, 0.717) is 0 Å². The van der Waals surface area contributed by atoms with Crippen molar-refractivity contribution in [1.82, 2.24) is 0 Å².